The molecule has 3 unspecified atom stereocenters. The van der Waals surface area contributed by atoms with E-state index in [0.717, 1.165) is 29.8 Å². The number of aryl methyl sites for hydroxylation is 2. The summed E-state index contributed by atoms with van der Waals surface area (Å²) in [6.07, 6.45) is 5.64. The van der Waals surface area contributed by atoms with Gasteiger partial charge in [-0.1, -0.05) is 6.42 Å². The molecule has 2 saturated carbocycles. The Kier molecular flexibility index (Phi) is 4.29. The highest BCUT2D eigenvalue weighted by atomic mass is 32.1. The fraction of sp³-hybridized carbons (Fsp3) is 0.778. The number of guanidine groups is 1. The van der Waals surface area contributed by atoms with Crippen LogP contribution < -0.4 is 10.6 Å². The van der Waals surface area contributed by atoms with E-state index in [1.54, 1.807) is 11.3 Å². The first-order valence-electron chi connectivity index (χ1n) is 9.23. The SMILES string of the molecule is CCNC(=NCc1sc(C)nc1C)NC1C2CCOC2C12CCC2. The summed E-state index contributed by atoms with van der Waals surface area (Å²) < 4.78 is 6.02. The van der Waals surface area contributed by atoms with E-state index >= 15 is 0 Å². The van der Waals surface area contributed by atoms with Gasteiger partial charge in [0.25, 0.3) is 0 Å². The summed E-state index contributed by atoms with van der Waals surface area (Å²) in [7, 11) is 0. The Hall–Kier alpha value is -1.14. The van der Waals surface area contributed by atoms with Gasteiger partial charge in [-0.3, -0.25) is 0 Å². The van der Waals surface area contributed by atoms with Crippen LogP contribution in [0.15, 0.2) is 4.99 Å². The summed E-state index contributed by atoms with van der Waals surface area (Å²) in [6.45, 7) is 8.78. The van der Waals surface area contributed by atoms with E-state index in [1.165, 1.54) is 30.6 Å². The van der Waals surface area contributed by atoms with Crippen molar-refractivity contribution in [3.63, 3.8) is 0 Å². The molecule has 0 bridgehead atoms. The second-order valence-electron chi connectivity index (χ2n) is 7.39. The van der Waals surface area contributed by atoms with Crippen molar-refractivity contribution in [2.45, 2.75) is 65.1 Å². The Bertz CT molecular complexity index is 637. The van der Waals surface area contributed by atoms with E-state index in [2.05, 4.69) is 36.4 Å². The van der Waals surface area contributed by atoms with E-state index in [1.807, 2.05) is 0 Å². The topological polar surface area (TPSA) is 58.5 Å². The third kappa shape index (κ3) is 2.54. The molecule has 2 heterocycles. The van der Waals surface area contributed by atoms with E-state index in [-0.39, 0.29) is 0 Å². The van der Waals surface area contributed by atoms with Crippen molar-refractivity contribution in [2.24, 2.45) is 16.3 Å². The fourth-order valence-electron chi connectivity index (χ4n) is 4.79. The van der Waals surface area contributed by atoms with Gasteiger partial charge in [0.05, 0.1) is 23.4 Å². The van der Waals surface area contributed by atoms with Gasteiger partial charge in [-0.05, 0) is 40.0 Å². The monoisotopic (exact) mass is 348 g/mol. The third-order valence-corrected chi connectivity index (χ3v) is 7.11. The van der Waals surface area contributed by atoms with Gasteiger partial charge >= 0.3 is 0 Å². The van der Waals surface area contributed by atoms with Crippen LogP contribution in [0.5, 0.6) is 0 Å². The highest BCUT2D eigenvalue weighted by Crippen LogP contribution is 2.62. The highest BCUT2D eigenvalue weighted by Gasteiger charge is 2.66. The van der Waals surface area contributed by atoms with Crippen molar-refractivity contribution in [1.29, 1.82) is 0 Å². The standard InChI is InChI=1S/C18H28N4OS/c1-4-19-17(20-10-14-11(2)21-12(3)24-14)22-15-13-6-9-23-16(13)18(15)7-5-8-18/h13,15-16H,4-10H2,1-3H3,(H2,19,20,22). The molecule has 0 amide bonds. The highest BCUT2D eigenvalue weighted by molar-refractivity contribution is 7.11. The Labute approximate surface area is 148 Å². The molecule has 6 heteroatoms. The first kappa shape index (κ1) is 16.3. The summed E-state index contributed by atoms with van der Waals surface area (Å²) in [5.41, 5.74) is 1.49. The largest absolute Gasteiger partial charge is 0.377 e. The lowest BCUT2D eigenvalue weighted by Gasteiger charge is -2.63. The van der Waals surface area contributed by atoms with E-state index in [0.29, 0.717) is 30.0 Å². The number of fused-ring (bicyclic) bond motifs is 2. The van der Waals surface area contributed by atoms with Gasteiger partial charge in [-0.25, -0.2) is 9.98 Å². The minimum absolute atomic E-state index is 0.383. The van der Waals surface area contributed by atoms with Crippen molar-refractivity contribution in [1.82, 2.24) is 15.6 Å². The Morgan fingerprint density at radius 2 is 2.25 bits per heavy atom. The van der Waals surface area contributed by atoms with Gasteiger partial charge in [0.1, 0.15) is 0 Å². The zero-order chi connectivity index (χ0) is 16.7. The zero-order valence-corrected chi connectivity index (χ0v) is 15.7. The maximum atomic E-state index is 6.02. The maximum absolute atomic E-state index is 6.02. The summed E-state index contributed by atoms with van der Waals surface area (Å²) in [5, 5.41) is 8.30. The average molecular weight is 349 g/mol. The maximum Gasteiger partial charge on any atom is 0.191 e. The predicted octanol–water partition coefficient (Wildman–Crippen LogP) is 2.77. The van der Waals surface area contributed by atoms with Crippen LogP contribution in [0.1, 0.15) is 48.2 Å². The number of aromatic nitrogens is 1. The number of aliphatic imine (C=N–C) groups is 1. The van der Waals surface area contributed by atoms with Crippen LogP contribution in [0.3, 0.4) is 0 Å². The van der Waals surface area contributed by atoms with Crippen molar-refractivity contribution in [3.05, 3.63) is 15.6 Å². The number of nitrogens with one attached hydrogen (secondary N) is 2. The Morgan fingerprint density at radius 3 is 2.88 bits per heavy atom. The molecule has 1 aliphatic heterocycles. The van der Waals surface area contributed by atoms with Gasteiger partial charge in [0, 0.05) is 35.4 Å². The van der Waals surface area contributed by atoms with Crippen LogP contribution in [-0.4, -0.2) is 36.2 Å². The molecule has 24 heavy (non-hydrogen) atoms. The van der Waals surface area contributed by atoms with Crippen LogP contribution in [0.4, 0.5) is 0 Å². The number of rotatable bonds is 4. The van der Waals surface area contributed by atoms with E-state index < -0.39 is 0 Å². The molecule has 2 N–H and O–H groups in total. The smallest absolute Gasteiger partial charge is 0.191 e. The number of ether oxygens (including phenoxy) is 1. The molecule has 3 fully saturated rings. The third-order valence-electron chi connectivity index (χ3n) is 6.05. The lowest BCUT2D eigenvalue weighted by atomic mass is 9.46. The minimum Gasteiger partial charge on any atom is -0.377 e. The minimum atomic E-state index is 0.383. The molecule has 4 rings (SSSR count). The van der Waals surface area contributed by atoms with Crippen LogP contribution >= 0.6 is 11.3 Å². The quantitative estimate of drug-likeness (QED) is 0.649. The first-order chi connectivity index (χ1) is 11.6. The Morgan fingerprint density at radius 1 is 1.42 bits per heavy atom. The molecule has 1 aromatic heterocycles. The summed E-state index contributed by atoms with van der Waals surface area (Å²) >= 11 is 1.75. The van der Waals surface area contributed by atoms with Gasteiger partial charge in [0.15, 0.2) is 5.96 Å². The first-order valence-corrected chi connectivity index (χ1v) is 10.0. The van der Waals surface area contributed by atoms with Gasteiger partial charge in [-0.15, -0.1) is 11.3 Å². The average Bonchev–Trinajstić information content (AvgIpc) is 3.05. The fourth-order valence-corrected chi connectivity index (χ4v) is 5.66. The van der Waals surface area contributed by atoms with Gasteiger partial charge in [-0.2, -0.15) is 0 Å². The van der Waals surface area contributed by atoms with Crippen LogP contribution in [0.25, 0.3) is 0 Å². The number of nitrogens with zero attached hydrogens (tertiary/aromatic N) is 2. The molecule has 3 aliphatic rings. The molecule has 2 aliphatic carbocycles. The van der Waals surface area contributed by atoms with Crippen LogP contribution in [0.2, 0.25) is 0 Å². The molecule has 132 valence electrons. The molecule has 0 radical (unpaired) electrons. The van der Waals surface area contributed by atoms with E-state index in [9.17, 15) is 0 Å². The summed E-state index contributed by atoms with van der Waals surface area (Å²) in [6, 6.07) is 0.529. The lowest BCUT2D eigenvalue weighted by molar-refractivity contribution is -0.171. The molecule has 5 nitrogen and oxygen atoms in total. The molecular weight excluding hydrogens is 320 g/mol. The van der Waals surface area contributed by atoms with Crippen molar-refractivity contribution in [2.75, 3.05) is 13.2 Å². The van der Waals surface area contributed by atoms with Crippen molar-refractivity contribution >= 4 is 17.3 Å². The van der Waals surface area contributed by atoms with Crippen LogP contribution in [0, 0.1) is 25.2 Å². The second-order valence-corrected chi connectivity index (χ2v) is 8.68. The number of thiazole rings is 1. The zero-order valence-electron chi connectivity index (χ0n) is 14.9. The van der Waals surface area contributed by atoms with Crippen LogP contribution in [-0.2, 0) is 11.3 Å². The number of hydrogen-bond acceptors (Lipinski definition) is 4. The van der Waals surface area contributed by atoms with Gasteiger partial charge in [0.2, 0.25) is 0 Å². The second kappa shape index (κ2) is 6.30. The van der Waals surface area contributed by atoms with Gasteiger partial charge < -0.3 is 15.4 Å². The molecule has 0 aromatic carbocycles. The predicted molar refractivity (Wildman–Crippen MR) is 97.5 cm³/mol. The molecular formula is C18H28N4OS. The van der Waals surface area contributed by atoms with Crippen molar-refractivity contribution in [3.8, 4) is 0 Å². The molecule has 3 atom stereocenters. The molecule has 1 saturated heterocycles. The normalized spacial score (nSPS) is 30.6. The molecule has 1 aromatic rings. The lowest BCUT2D eigenvalue weighted by Crippen LogP contribution is -2.72. The Balaban J connectivity index is 1.47. The van der Waals surface area contributed by atoms with E-state index in [4.69, 9.17) is 9.73 Å². The number of hydrogen-bond donors (Lipinski definition) is 2. The summed E-state index contributed by atoms with van der Waals surface area (Å²) in [4.78, 5) is 10.6. The summed E-state index contributed by atoms with van der Waals surface area (Å²) in [5.74, 6) is 1.62. The van der Waals surface area contributed by atoms with Crippen molar-refractivity contribution < 1.29 is 4.74 Å². The molecule has 1 spiro atoms.